The molecule has 0 saturated heterocycles. The molecular formula is C14H11N3O4. The van der Waals surface area contributed by atoms with E-state index in [1.807, 2.05) is 6.08 Å². The van der Waals surface area contributed by atoms with Gasteiger partial charge in [-0.25, -0.2) is 14.8 Å². The fourth-order valence-corrected chi connectivity index (χ4v) is 2.85. The summed E-state index contributed by atoms with van der Waals surface area (Å²) in [6, 6.07) is 0. The maximum Gasteiger partial charge on any atom is 0.339 e. The third-order valence-corrected chi connectivity index (χ3v) is 3.92. The Kier molecular flexibility index (Phi) is 2.26. The van der Waals surface area contributed by atoms with Crippen molar-refractivity contribution in [3.05, 3.63) is 51.7 Å². The molecule has 1 unspecified atom stereocenters. The summed E-state index contributed by atoms with van der Waals surface area (Å²) in [4.78, 5) is 19.3. The number of aliphatic hydroxyl groups excluding tert-OH is 1. The number of carboxylic acid groups (broad SMARTS) is 1. The highest BCUT2D eigenvalue weighted by molar-refractivity contribution is 5.88. The molecule has 1 heterocycles. The van der Waals surface area contributed by atoms with Crippen LogP contribution < -0.4 is 5.32 Å². The van der Waals surface area contributed by atoms with E-state index in [0.717, 1.165) is 22.4 Å². The number of nitrogens with one attached hydrogen (secondary N) is 1. The van der Waals surface area contributed by atoms with E-state index >= 15 is 0 Å². The predicted octanol–water partition coefficient (Wildman–Crippen LogP) is 1.38. The second-order valence-electron chi connectivity index (χ2n) is 5.04. The molecule has 4 rings (SSSR count). The SMILES string of the molecule is COCc1nc(NC2=C3C=C4C(O)=C2C43)ncc1C(=O)O. The van der Waals surface area contributed by atoms with Crippen molar-refractivity contribution in [3.63, 3.8) is 0 Å². The summed E-state index contributed by atoms with van der Waals surface area (Å²) in [5.74, 6) is -0.173. The monoisotopic (exact) mass is 285 g/mol. The number of hydrogen-bond donors (Lipinski definition) is 3. The molecule has 1 aromatic heterocycles. The van der Waals surface area contributed by atoms with Crippen molar-refractivity contribution in [2.24, 2.45) is 5.92 Å². The van der Waals surface area contributed by atoms with Gasteiger partial charge >= 0.3 is 5.97 Å². The number of methoxy groups -OCH3 is 1. The van der Waals surface area contributed by atoms with Gasteiger partial charge in [0.1, 0.15) is 11.3 Å². The van der Waals surface area contributed by atoms with Crippen molar-refractivity contribution in [2.45, 2.75) is 6.61 Å². The Balaban J connectivity index is 1.64. The minimum Gasteiger partial charge on any atom is -0.507 e. The van der Waals surface area contributed by atoms with Gasteiger partial charge in [-0.2, -0.15) is 0 Å². The number of allylic oxidation sites excluding steroid dienone is 4. The Morgan fingerprint density at radius 2 is 2.33 bits per heavy atom. The fourth-order valence-electron chi connectivity index (χ4n) is 2.85. The van der Waals surface area contributed by atoms with Gasteiger partial charge in [0.05, 0.1) is 18.0 Å². The van der Waals surface area contributed by atoms with Gasteiger partial charge in [0.2, 0.25) is 5.95 Å². The number of anilines is 1. The van der Waals surface area contributed by atoms with Crippen molar-refractivity contribution in [1.29, 1.82) is 0 Å². The molecule has 1 atom stereocenters. The lowest BCUT2D eigenvalue weighted by Gasteiger charge is -2.51. The van der Waals surface area contributed by atoms with E-state index in [2.05, 4.69) is 15.3 Å². The van der Waals surface area contributed by atoms with E-state index in [-0.39, 0.29) is 12.2 Å². The van der Waals surface area contributed by atoms with Crippen LogP contribution in [0.3, 0.4) is 0 Å². The molecule has 3 aliphatic carbocycles. The summed E-state index contributed by atoms with van der Waals surface area (Å²) in [6.07, 6.45) is 3.18. The van der Waals surface area contributed by atoms with E-state index in [4.69, 9.17) is 9.84 Å². The molecule has 7 heteroatoms. The van der Waals surface area contributed by atoms with Crippen LogP contribution in [-0.2, 0) is 11.3 Å². The number of aliphatic hydroxyl groups is 1. The summed E-state index contributed by atoms with van der Waals surface area (Å²) in [5.41, 5.74) is 4.16. The second-order valence-corrected chi connectivity index (χ2v) is 5.04. The molecule has 0 radical (unpaired) electrons. The van der Waals surface area contributed by atoms with Gasteiger partial charge in [-0.1, -0.05) is 0 Å². The number of ether oxygens (including phenoxy) is 1. The molecular weight excluding hydrogens is 274 g/mol. The van der Waals surface area contributed by atoms with Crippen LogP contribution in [0, 0.1) is 5.92 Å². The molecule has 7 nitrogen and oxygen atoms in total. The normalized spacial score (nSPS) is 21.0. The van der Waals surface area contributed by atoms with Crippen LogP contribution in [0.5, 0.6) is 0 Å². The summed E-state index contributed by atoms with van der Waals surface area (Å²) in [6.45, 7) is 0.0887. The van der Waals surface area contributed by atoms with E-state index in [9.17, 15) is 9.90 Å². The highest BCUT2D eigenvalue weighted by Crippen LogP contribution is 2.63. The lowest BCUT2D eigenvalue weighted by atomic mass is 9.54. The minimum absolute atomic E-state index is 0.0167. The highest BCUT2D eigenvalue weighted by atomic mass is 16.5. The van der Waals surface area contributed by atoms with Gasteiger partial charge in [0.15, 0.2) is 0 Å². The quantitative estimate of drug-likeness (QED) is 0.750. The Bertz CT molecular complexity index is 791. The summed E-state index contributed by atoms with van der Waals surface area (Å²) >= 11 is 0. The third kappa shape index (κ3) is 1.43. The summed E-state index contributed by atoms with van der Waals surface area (Å²) in [7, 11) is 1.47. The molecule has 3 aliphatic rings. The van der Waals surface area contributed by atoms with Crippen molar-refractivity contribution in [1.82, 2.24) is 9.97 Å². The first-order chi connectivity index (χ1) is 10.1. The minimum atomic E-state index is -1.09. The van der Waals surface area contributed by atoms with Crippen LogP contribution in [-0.4, -0.2) is 33.3 Å². The van der Waals surface area contributed by atoms with Gasteiger partial charge in [0, 0.05) is 30.4 Å². The van der Waals surface area contributed by atoms with Crippen LogP contribution in [0.4, 0.5) is 5.95 Å². The Morgan fingerprint density at radius 1 is 1.52 bits per heavy atom. The number of nitrogens with zero attached hydrogens (tertiary/aromatic N) is 2. The lowest BCUT2D eigenvalue weighted by molar-refractivity contribution is 0.0690. The maximum atomic E-state index is 11.1. The standard InChI is InChI=1S/C14H11N3O4/c1-21-4-8-7(13(19)20)3-15-14(16-8)17-11-5-2-6-9(5)10(11)12(6)18/h2-3,9,18H,4H2,1H3,(H,19,20)(H,15,16,17). The first kappa shape index (κ1) is 12.1. The molecule has 0 amide bonds. The molecule has 0 aliphatic heterocycles. The zero-order valence-electron chi connectivity index (χ0n) is 11.0. The highest BCUT2D eigenvalue weighted by Gasteiger charge is 2.54. The Labute approximate surface area is 119 Å². The molecule has 0 aromatic carbocycles. The number of rotatable bonds is 5. The third-order valence-electron chi connectivity index (χ3n) is 3.92. The van der Waals surface area contributed by atoms with Crippen molar-refractivity contribution >= 4 is 11.9 Å². The molecule has 106 valence electrons. The number of aromatic nitrogens is 2. The van der Waals surface area contributed by atoms with Crippen molar-refractivity contribution in [3.8, 4) is 0 Å². The molecule has 21 heavy (non-hydrogen) atoms. The van der Waals surface area contributed by atoms with Crippen molar-refractivity contribution in [2.75, 3.05) is 12.4 Å². The van der Waals surface area contributed by atoms with Crippen LogP contribution in [0.1, 0.15) is 16.1 Å². The van der Waals surface area contributed by atoms with Gasteiger partial charge < -0.3 is 20.3 Å². The number of hydrogen-bond acceptors (Lipinski definition) is 6. The fraction of sp³-hybridized carbons (Fsp3) is 0.214. The lowest BCUT2D eigenvalue weighted by Crippen LogP contribution is -2.43. The average molecular weight is 285 g/mol. The Morgan fingerprint density at radius 3 is 2.95 bits per heavy atom. The topological polar surface area (TPSA) is 105 Å². The van der Waals surface area contributed by atoms with E-state index < -0.39 is 5.97 Å². The van der Waals surface area contributed by atoms with Gasteiger partial charge in [-0.3, -0.25) is 0 Å². The average Bonchev–Trinajstić information content (AvgIpc) is 2.42. The van der Waals surface area contributed by atoms with Crippen LogP contribution in [0.2, 0.25) is 0 Å². The summed E-state index contributed by atoms with van der Waals surface area (Å²) in [5, 5.41) is 21.9. The Hall–Kier alpha value is -2.67. The predicted molar refractivity (Wildman–Crippen MR) is 71.6 cm³/mol. The number of carboxylic acids is 1. The van der Waals surface area contributed by atoms with Crippen molar-refractivity contribution < 1.29 is 19.7 Å². The summed E-state index contributed by atoms with van der Waals surface area (Å²) < 4.78 is 4.96. The van der Waals surface area contributed by atoms with Gasteiger partial charge in [0.25, 0.3) is 0 Å². The second kappa shape index (κ2) is 3.92. The largest absolute Gasteiger partial charge is 0.507 e. The smallest absolute Gasteiger partial charge is 0.339 e. The van der Waals surface area contributed by atoms with Gasteiger partial charge in [-0.15, -0.1) is 0 Å². The van der Waals surface area contributed by atoms with Crippen LogP contribution in [0.15, 0.2) is 40.4 Å². The molecule has 0 saturated carbocycles. The number of aromatic carboxylic acids is 1. The molecule has 3 N–H and O–H groups in total. The van der Waals surface area contributed by atoms with E-state index in [1.165, 1.54) is 13.3 Å². The first-order valence-corrected chi connectivity index (χ1v) is 6.36. The van der Waals surface area contributed by atoms with Crippen LogP contribution in [0.25, 0.3) is 0 Å². The van der Waals surface area contributed by atoms with E-state index in [1.54, 1.807) is 0 Å². The molecule has 0 spiro atoms. The van der Waals surface area contributed by atoms with Crippen LogP contribution >= 0.6 is 0 Å². The molecule has 0 fully saturated rings. The van der Waals surface area contributed by atoms with Gasteiger partial charge in [-0.05, 0) is 11.6 Å². The first-order valence-electron chi connectivity index (χ1n) is 6.36. The zero-order chi connectivity index (χ0) is 14.7. The molecule has 0 bridgehead atoms. The number of carbonyl (C=O) groups is 1. The van der Waals surface area contributed by atoms with E-state index in [0.29, 0.717) is 23.3 Å². The zero-order valence-corrected chi connectivity index (χ0v) is 11.0. The molecule has 1 aromatic rings. The maximum absolute atomic E-state index is 11.1.